The monoisotopic (exact) mass is 300 g/mol. The molecule has 4 atom stereocenters. The van der Waals surface area contributed by atoms with E-state index < -0.39 is 5.60 Å². The van der Waals surface area contributed by atoms with Crippen LogP contribution in [0.4, 0.5) is 0 Å². The number of ketones is 1. The van der Waals surface area contributed by atoms with Crippen molar-refractivity contribution in [1.82, 2.24) is 0 Å². The number of hydrogen-bond acceptors (Lipinski definition) is 2. The standard InChI is InChI=1S/C20H28O2/c1-12-17(21)14-11-20(12,22)10-13-6-7-15-18(2,3)8-5-9-19(15,4)16(13)14/h14-15,22H,1,5-11H2,2-4H3/t14-,15+,19+,20+/m0/s1. The fraction of sp³-hybridized carbons (Fsp3) is 0.750. The summed E-state index contributed by atoms with van der Waals surface area (Å²) in [5.41, 5.74) is 2.86. The molecule has 1 N–H and O–H groups in total. The number of rotatable bonds is 0. The van der Waals surface area contributed by atoms with Crippen LogP contribution in [0.3, 0.4) is 0 Å². The van der Waals surface area contributed by atoms with Crippen LogP contribution in [0.15, 0.2) is 23.3 Å². The molecule has 0 aromatic carbocycles. The minimum absolute atomic E-state index is 0.0806. The molecule has 2 fully saturated rings. The van der Waals surface area contributed by atoms with Crippen LogP contribution in [0.1, 0.15) is 65.7 Å². The molecule has 120 valence electrons. The molecule has 0 aromatic rings. The van der Waals surface area contributed by atoms with Crippen LogP contribution in [-0.2, 0) is 4.79 Å². The Morgan fingerprint density at radius 2 is 1.95 bits per heavy atom. The Bertz CT molecular complexity index is 611. The second-order valence-electron chi connectivity index (χ2n) is 9.18. The highest BCUT2D eigenvalue weighted by Crippen LogP contribution is 2.65. The Labute approximate surface area is 133 Å². The molecule has 2 saturated carbocycles. The highest BCUT2D eigenvalue weighted by Gasteiger charge is 2.60. The number of carbonyl (C=O) groups is 1. The molecule has 0 saturated heterocycles. The first-order valence-corrected chi connectivity index (χ1v) is 8.87. The Morgan fingerprint density at radius 3 is 2.68 bits per heavy atom. The molecule has 4 aliphatic rings. The quantitative estimate of drug-likeness (QED) is 0.538. The summed E-state index contributed by atoms with van der Waals surface area (Å²) in [5, 5.41) is 10.8. The predicted octanol–water partition coefficient (Wildman–Crippen LogP) is 4.19. The van der Waals surface area contributed by atoms with Crippen molar-refractivity contribution >= 4 is 5.78 Å². The van der Waals surface area contributed by atoms with E-state index in [1.165, 1.54) is 36.8 Å². The zero-order chi connectivity index (χ0) is 15.9. The first-order chi connectivity index (χ1) is 10.2. The van der Waals surface area contributed by atoms with Gasteiger partial charge in [0.1, 0.15) is 0 Å². The summed E-state index contributed by atoms with van der Waals surface area (Å²) in [5.74, 6) is 0.709. The van der Waals surface area contributed by atoms with Crippen LogP contribution < -0.4 is 0 Å². The van der Waals surface area contributed by atoms with Gasteiger partial charge < -0.3 is 5.11 Å². The van der Waals surface area contributed by atoms with Crippen molar-refractivity contribution in [2.24, 2.45) is 22.7 Å². The summed E-state index contributed by atoms with van der Waals surface area (Å²) in [6.07, 6.45) is 7.28. The largest absolute Gasteiger partial charge is 0.385 e. The van der Waals surface area contributed by atoms with E-state index in [4.69, 9.17) is 0 Å². The smallest absolute Gasteiger partial charge is 0.168 e. The molecule has 0 heterocycles. The van der Waals surface area contributed by atoms with Crippen LogP contribution in [0, 0.1) is 22.7 Å². The van der Waals surface area contributed by atoms with E-state index in [1.807, 2.05) is 0 Å². The zero-order valence-electron chi connectivity index (χ0n) is 14.2. The number of fused-ring (bicyclic) bond motifs is 5. The SMILES string of the molecule is C=C1C(=O)[C@H]2C[C@]1(O)CC1=C2[C@]2(C)CCCC(C)(C)[C@H]2CC1. The average Bonchev–Trinajstić information content (AvgIpc) is 2.58. The van der Waals surface area contributed by atoms with Crippen LogP contribution in [0.25, 0.3) is 0 Å². The van der Waals surface area contributed by atoms with Gasteiger partial charge in [0.2, 0.25) is 0 Å². The second kappa shape index (κ2) is 4.14. The summed E-state index contributed by atoms with van der Waals surface area (Å²) in [6, 6.07) is 0. The van der Waals surface area contributed by atoms with Gasteiger partial charge in [-0.1, -0.05) is 44.9 Å². The van der Waals surface area contributed by atoms with Crippen molar-refractivity contribution in [3.63, 3.8) is 0 Å². The summed E-state index contributed by atoms with van der Waals surface area (Å²) >= 11 is 0. The Hall–Kier alpha value is -0.890. The number of allylic oxidation sites excluding steroid dienone is 1. The molecule has 22 heavy (non-hydrogen) atoms. The maximum Gasteiger partial charge on any atom is 0.168 e. The lowest BCUT2D eigenvalue weighted by Crippen LogP contribution is -2.48. The maximum absolute atomic E-state index is 12.7. The normalized spacial score (nSPS) is 46.5. The molecule has 0 unspecified atom stereocenters. The maximum atomic E-state index is 12.7. The second-order valence-corrected chi connectivity index (χ2v) is 9.18. The molecule has 2 bridgehead atoms. The number of Topliss-reactive ketones (excluding diaryl/α,β-unsaturated/α-hetero) is 1. The van der Waals surface area contributed by atoms with Crippen molar-refractivity contribution in [3.8, 4) is 0 Å². The Morgan fingerprint density at radius 1 is 1.23 bits per heavy atom. The summed E-state index contributed by atoms with van der Waals surface area (Å²) in [7, 11) is 0. The third kappa shape index (κ3) is 1.62. The molecular weight excluding hydrogens is 272 g/mol. The van der Waals surface area contributed by atoms with Crippen molar-refractivity contribution < 1.29 is 9.90 Å². The Balaban J connectivity index is 1.85. The van der Waals surface area contributed by atoms with Gasteiger partial charge in [-0.15, -0.1) is 0 Å². The summed E-state index contributed by atoms with van der Waals surface area (Å²) in [4.78, 5) is 12.7. The summed E-state index contributed by atoms with van der Waals surface area (Å²) < 4.78 is 0. The molecular formula is C20H28O2. The van der Waals surface area contributed by atoms with Crippen molar-refractivity contribution in [2.45, 2.75) is 71.3 Å². The minimum atomic E-state index is -0.937. The van der Waals surface area contributed by atoms with E-state index in [-0.39, 0.29) is 17.1 Å². The van der Waals surface area contributed by atoms with Gasteiger partial charge in [0.15, 0.2) is 5.78 Å². The first-order valence-electron chi connectivity index (χ1n) is 8.87. The van der Waals surface area contributed by atoms with E-state index in [9.17, 15) is 9.90 Å². The third-order valence-electron chi connectivity index (χ3n) is 7.53. The van der Waals surface area contributed by atoms with Crippen molar-refractivity contribution in [3.05, 3.63) is 23.3 Å². The highest BCUT2D eigenvalue weighted by molar-refractivity contribution is 6.04. The molecule has 0 aromatic heterocycles. The third-order valence-corrected chi connectivity index (χ3v) is 7.53. The number of hydrogen-bond donors (Lipinski definition) is 1. The number of carbonyl (C=O) groups excluding carboxylic acids is 1. The first kappa shape index (κ1) is 14.7. The van der Waals surface area contributed by atoms with Gasteiger partial charge in [0.05, 0.1) is 5.60 Å². The van der Waals surface area contributed by atoms with E-state index >= 15 is 0 Å². The van der Waals surface area contributed by atoms with E-state index in [1.54, 1.807) is 0 Å². The van der Waals surface area contributed by atoms with E-state index in [0.29, 0.717) is 29.7 Å². The van der Waals surface area contributed by atoms with E-state index in [2.05, 4.69) is 27.4 Å². The van der Waals surface area contributed by atoms with Gasteiger partial charge in [-0.05, 0) is 48.9 Å². The predicted molar refractivity (Wildman–Crippen MR) is 87.3 cm³/mol. The fourth-order valence-corrected chi connectivity index (χ4v) is 6.60. The molecule has 0 amide bonds. The van der Waals surface area contributed by atoms with Crippen LogP contribution in [0.2, 0.25) is 0 Å². The lowest BCUT2D eigenvalue weighted by molar-refractivity contribution is -0.117. The number of aliphatic hydroxyl groups is 1. The molecule has 4 rings (SSSR count). The minimum Gasteiger partial charge on any atom is -0.385 e. The fourth-order valence-electron chi connectivity index (χ4n) is 6.60. The van der Waals surface area contributed by atoms with Gasteiger partial charge in [0, 0.05) is 17.9 Å². The summed E-state index contributed by atoms with van der Waals surface area (Å²) in [6.45, 7) is 11.2. The van der Waals surface area contributed by atoms with Gasteiger partial charge in [-0.3, -0.25) is 4.79 Å². The molecule has 0 radical (unpaired) electrons. The van der Waals surface area contributed by atoms with Gasteiger partial charge in [-0.25, -0.2) is 0 Å². The van der Waals surface area contributed by atoms with Crippen LogP contribution in [-0.4, -0.2) is 16.5 Å². The zero-order valence-corrected chi connectivity index (χ0v) is 14.2. The van der Waals surface area contributed by atoms with Gasteiger partial charge >= 0.3 is 0 Å². The highest BCUT2D eigenvalue weighted by atomic mass is 16.3. The lowest BCUT2D eigenvalue weighted by Gasteiger charge is -2.57. The Kier molecular flexibility index (Phi) is 2.76. The van der Waals surface area contributed by atoms with Crippen molar-refractivity contribution in [1.29, 1.82) is 0 Å². The lowest BCUT2D eigenvalue weighted by atomic mass is 9.47. The topological polar surface area (TPSA) is 37.3 Å². The molecule has 4 aliphatic carbocycles. The average molecular weight is 300 g/mol. The molecule has 2 nitrogen and oxygen atoms in total. The van der Waals surface area contributed by atoms with Crippen molar-refractivity contribution in [2.75, 3.05) is 0 Å². The van der Waals surface area contributed by atoms with E-state index in [0.717, 1.165) is 6.42 Å². The molecule has 2 heteroatoms. The van der Waals surface area contributed by atoms with Gasteiger partial charge in [-0.2, -0.15) is 0 Å². The van der Waals surface area contributed by atoms with Crippen LogP contribution >= 0.6 is 0 Å². The van der Waals surface area contributed by atoms with Crippen LogP contribution in [0.5, 0.6) is 0 Å². The molecule has 0 spiro atoms. The molecule has 0 aliphatic heterocycles. The van der Waals surface area contributed by atoms with Gasteiger partial charge in [0.25, 0.3) is 0 Å².